The molecule has 1 aliphatic rings. The van der Waals surface area contributed by atoms with Crippen LogP contribution in [-0.4, -0.2) is 27.7 Å². The average Bonchev–Trinajstić information content (AvgIpc) is 2.59. The number of benzene rings is 1. The molecule has 0 aliphatic heterocycles. The Morgan fingerprint density at radius 2 is 1.83 bits per heavy atom. The van der Waals surface area contributed by atoms with E-state index in [4.69, 9.17) is 0 Å². The number of nitrogens with zero attached hydrogens (tertiary/aromatic N) is 1. The molecule has 1 aromatic carbocycles. The van der Waals surface area contributed by atoms with Crippen molar-refractivity contribution in [1.82, 2.24) is 10.3 Å². The van der Waals surface area contributed by atoms with Crippen molar-refractivity contribution < 1.29 is 14.7 Å². The number of hydrogen-bond donors (Lipinski definition) is 2. The predicted molar refractivity (Wildman–Crippen MR) is 85.0 cm³/mol. The number of nitrogens with one attached hydrogen (secondary N) is 1. The molecule has 0 bridgehead atoms. The number of rotatable bonds is 4. The minimum Gasteiger partial charge on any atom is -0.386 e. The average molecular weight is 308 g/mol. The minimum atomic E-state index is -0.796. The fourth-order valence-corrected chi connectivity index (χ4v) is 2.57. The van der Waals surface area contributed by atoms with Crippen molar-refractivity contribution in [3.05, 3.63) is 77.3 Å². The lowest BCUT2D eigenvalue weighted by atomic mass is 9.96. The Kier molecular flexibility index (Phi) is 4.04. The molecule has 1 aromatic heterocycles. The molecule has 0 saturated heterocycles. The van der Waals surface area contributed by atoms with Gasteiger partial charge >= 0.3 is 0 Å². The number of fused-ring (bicyclic) bond motifs is 1. The smallest absolute Gasteiger partial charge is 0.211 e. The van der Waals surface area contributed by atoms with Gasteiger partial charge < -0.3 is 10.4 Å². The molecule has 5 nitrogen and oxygen atoms in total. The Hall–Kier alpha value is -2.79. The van der Waals surface area contributed by atoms with Crippen LogP contribution in [-0.2, 0) is 0 Å². The first-order valence-electron chi connectivity index (χ1n) is 7.33. The van der Waals surface area contributed by atoms with Gasteiger partial charge in [0.1, 0.15) is 5.69 Å². The van der Waals surface area contributed by atoms with Crippen molar-refractivity contribution >= 4 is 11.6 Å². The van der Waals surface area contributed by atoms with E-state index < -0.39 is 12.1 Å². The quantitative estimate of drug-likeness (QED) is 0.904. The molecule has 2 unspecified atom stereocenters. The van der Waals surface area contributed by atoms with E-state index in [0.717, 1.165) is 5.56 Å². The van der Waals surface area contributed by atoms with Gasteiger partial charge in [-0.3, -0.25) is 14.6 Å². The highest BCUT2D eigenvalue weighted by molar-refractivity contribution is 6.23. The number of aliphatic hydroxyl groups excluding tert-OH is 1. The maximum atomic E-state index is 12.5. The summed E-state index contributed by atoms with van der Waals surface area (Å²) in [6.07, 6.45) is 1.93. The summed E-state index contributed by atoms with van der Waals surface area (Å²) in [7, 11) is 0. The second-order valence-corrected chi connectivity index (χ2v) is 5.44. The number of pyridine rings is 1. The van der Waals surface area contributed by atoms with Gasteiger partial charge in [-0.05, 0) is 24.6 Å². The number of Topliss-reactive ketones (excluding diaryl/α,β-unsaturated/α-hetero) is 1. The Balaban J connectivity index is 1.81. The number of hydrogen-bond acceptors (Lipinski definition) is 5. The highest BCUT2D eigenvalue weighted by Crippen LogP contribution is 2.21. The van der Waals surface area contributed by atoms with Gasteiger partial charge in [-0.25, -0.2) is 0 Å². The highest BCUT2D eigenvalue weighted by atomic mass is 16.3. The van der Waals surface area contributed by atoms with E-state index in [0.29, 0.717) is 0 Å². The van der Waals surface area contributed by atoms with E-state index in [1.807, 2.05) is 30.3 Å². The van der Waals surface area contributed by atoms with Crippen LogP contribution >= 0.6 is 0 Å². The molecular weight excluding hydrogens is 292 g/mol. The van der Waals surface area contributed by atoms with Crippen LogP contribution in [0.25, 0.3) is 0 Å². The molecule has 0 spiro atoms. The molecule has 5 heteroatoms. The topological polar surface area (TPSA) is 79.3 Å². The van der Waals surface area contributed by atoms with Crippen LogP contribution in [0.2, 0.25) is 0 Å². The van der Waals surface area contributed by atoms with Crippen molar-refractivity contribution in [3.8, 4) is 0 Å². The van der Waals surface area contributed by atoms with Crippen LogP contribution in [0.15, 0.2) is 60.4 Å². The second-order valence-electron chi connectivity index (χ2n) is 5.44. The van der Waals surface area contributed by atoms with Gasteiger partial charge in [-0.1, -0.05) is 30.3 Å². The van der Waals surface area contributed by atoms with Crippen molar-refractivity contribution in [2.24, 2.45) is 0 Å². The number of aromatic nitrogens is 1. The molecule has 3 rings (SSSR count). The van der Waals surface area contributed by atoms with Gasteiger partial charge in [0, 0.05) is 12.3 Å². The third-order valence-electron chi connectivity index (χ3n) is 3.80. The van der Waals surface area contributed by atoms with Crippen LogP contribution < -0.4 is 5.32 Å². The van der Waals surface area contributed by atoms with Crippen LogP contribution in [0.5, 0.6) is 0 Å². The summed E-state index contributed by atoms with van der Waals surface area (Å²) in [6, 6.07) is 11.9. The number of carbonyl (C=O) groups is 2. The van der Waals surface area contributed by atoms with Gasteiger partial charge in [0.2, 0.25) is 11.6 Å². The molecule has 116 valence electrons. The largest absolute Gasteiger partial charge is 0.386 e. The fraction of sp³-hybridized carbons (Fsp3) is 0.167. The minimum absolute atomic E-state index is 0.166. The summed E-state index contributed by atoms with van der Waals surface area (Å²) in [6.45, 7) is 1.76. The van der Waals surface area contributed by atoms with Gasteiger partial charge in [0.15, 0.2) is 0 Å². The van der Waals surface area contributed by atoms with E-state index in [-0.39, 0.29) is 28.5 Å². The fourth-order valence-electron chi connectivity index (χ4n) is 2.57. The molecule has 0 fully saturated rings. The zero-order chi connectivity index (χ0) is 16.4. The Labute approximate surface area is 133 Å². The summed E-state index contributed by atoms with van der Waals surface area (Å²) in [5.74, 6) is -0.607. The highest BCUT2D eigenvalue weighted by Gasteiger charge is 2.28. The summed E-state index contributed by atoms with van der Waals surface area (Å²) >= 11 is 0. The van der Waals surface area contributed by atoms with Crippen LogP contribution in [0.4, 0.5) is 0 Å². The maximum absolute atomic E-state index is 12.5. The number of aliphatic hydroxyl groups is 1. The molecule has 0 amide bonds. The number of ketones is 2. The predicted octanol–water partition coefficient (Wildman–Crippen LogP) is 2.06. The van der Waals surface area contributed by atoms with Crippen LogP contribution in [0.1, 0.15) is 39.4 Å². The van der Waals surface area contributed by atoms with Crippen LogP contribution in [0, 0.1) is 0 Å². The van der Waals surface area contributed by atoms with Crippen molar-refractivity contribution in [1.29, 1.82) is 0 Å². The normalized spacial score (nSPS) is 16.3. The van der Waals surface area contributed by atoms with Crippen molar-refractivity contribution in [3.63, 3.8) is 0 Å². The Morgan fingerprint density at radius 3 is 2.57 bits per heavy atom. The lowest BCUT2D eigenvalue weighted by Gasteiger charge is -2.24. The third kappa shape index (κ3) is 2.91. The molecular formula is C18H16N2O3. The molecule has 1 heterocycles. The molecule has 2 aromatic rings. The van der Waals surface area contributed by atoms with Gasteiger partial charge in [-0.2, -0.15) is 0 Å². The van der Waals surface area contributed by atoms with Gasteiger partial charge in [0.25, 0.3) is 0 Å². The van der Waals surface area contributed by atoms with E-state index in [1.54, 1.807) is 19.1 Å². The first kappa shape index (κ1) is 15.1. The molecule has 1 aliphatic carbocycles. The van der Waals surface area contributed by atoms with Crippen molar-refractivity contribution in [2.45, 2.75) is 19.1 Å². The summed E-state index contributed by atoms with van der Waals surface area (Å²) < 4.78 is 0. The standard InChI is InChI=1S/C18H16N2O3/c1-11(17(22)12-6-3-2-4-7-12)20-14-10-15(21)16-13(18(14)23)8-5-9-19-16/h2-11,17,20,22H,1H3. The van der Waals surface area contributed by atoms with E-state index in [9.17, 15) is 14.7 Å². The van der Waals surface area contributed by atoms with Gasteiger partial charge in [0.05, 0.1) is 23.4 Å². The lowest BCUT2D eigenvalue weighted by Crippen LogP contribution is -2.36. The Bertz CT molecular complexity index is 784. The molecule has 2 N–H and O–H groups in total. The zero-order valence-corrected chi connectivity index (χ0v) is 12.6. The summed E-state index contributed by atoms with van der Waals surface area (Å²) in [5, 5.41) is 13.3. The summed E-state index contributed by atoms with van der Waals surface area (Å²) in [5.41, 5.74) is 1.37. The first-order valence-corrected chi connectivity index (χ1v) is 7.33. The number of allylic oxidation sites excluding steroid dienone is 2. The molecule has 2 atom stereocenters. The third-order valence-corrected chi connectivity index (χ3v) is 3.80. The maximum Gasteiger partial charge on any atom is 0.211 e. The molecule has 0 radical (unpaired) electrons. The van der Waals surface area contributed by atoms with Gasteiger partial charge in [-0.15, -0.1) is 0 Å². The zero-order valence-electron chi connectivity index (χ0n) is 12.6. The molecule has 0 saturated carbocycles. The SMILES string of the molecule is CC(NC1=CC(=O)c2ncccc2C1=O)C(O)c1ccccc1. The van der Waals surface area contributed by atoms with Crippen molar-refractivity contribution in [2.75, 3.05) is 0 Å². The molecule has 23 heavy (non-hydrogen) atoms. The number of carbonyl (C=O) groups excluding carboxylic acids is 2. The Morgan fingerprint density at radius 1 is 1.09 bits per heavy atom. The first-order chi connectivity index (χ1) is 11.1. The van der Waals surface area contributed by atoms with E-state index >= 15 is 0 Å². The summed E-state index contributed by atoms with van der Waals surface area (Å²) in [4.78, 5) is 28.5. The van der Waals surface area contributed by atoms with Crippen LogP contribution in [0.3, 0.4) is 0 Å². The van der Waals surface area contributed by atoms with E-state index in [2.05, 4.69) is 10.3 Å². The monoisotopic (exact) mass is 308 g/mol. The lowest BCUT2D eigenvalue weighted by molar-refractivity contribution is 0.0960. The van der Waals surface area contributed by atoms with E-state index in [1.165, 1.54) is 12.3 Å². The second kappa shape index (κ2) is 6.14.